The molecule has 0 heterocycles. The largest absolute Gasteiger partial charge is 0.496 e. The summed E-state index contributed by atoms with van der Waals surface area (Å²) in [5.41, 5.74) is 2.81. The van der Waals surface area contributed by atoms with Crippen LogP contribution in [0.15, 0.2) is 42.5 Å². The predicted molar refractivity (Wildman–Crippen MR) is 84.4 cm³/mol. The molecule has 2 aromatic carbocycles. The average Bonchev–Trinajstić information content (AvgIpc) is 2.48. The second kappa shape index (κ2) is 7.07. The number of benzene rings is 2. The van der Waals surface area contributed by atoms with Crippen LogP contribution >= 0.6 is 0 Å². The second-order valence-corrected chi connectivity index (χ2v) is 5.32. The molecule has 1 atom stereocenters. The fourth-order valence-electron chi connectivity index (χ4n) is 2.36. The molecule has 22 heavy (non-hydrogen) atoms. The minimum absolute atomic E-state index is 0.0682. The highest BCUT2D eigenvalue weighted by Crippen LogP contribution is 2.19. The Labute approximate surface area is 130 Å². The van der Waals surface area contributed by atoms with E-state index in [2.05, 4.69) is 5.32 Å². The molecule has 0 saturated carbocycles. The summed E-state index contributed by atoms with van der Waals surface area (Å²) in [6, 6.07) is 11.7. The van der Waals surface area contributed by atoms with E-state index in [1.54, 1.807) is 19.2 Å². The van der Waals surface area contributed by atoms with E-state index >= 15 is 0 Å². The zero-order chi connectivity index (χ0) is 16.1. The number of aryl methyl sites for hydroxylation is 1. The number of hydrogen-bond donors (Lipinski definition) is 1. The van der Waals surface area contributed by atoms with Crippen molar-refractivity contribution in [3.05, 3.63) is 65.0 Å². The Morgan fingerprint density at radius 1 is 1.23 bits per heavy atom. The standard InChI is InChI=1S/C18H20FNO2/c1-12-10-14(4-9-17(12)22-3)11-18(21)20-13(2)15-5-7-16(19)8-6-15/h4-10,13H,11H2,1-3H3,(H,20,21)/t13-/m0/s1. The molecule has 116 valence electrons. The van der Waals surface area contributed by atoms with Gasteiger partial charge in [0.1, 0.15) is 11.6 Å². The summed E-state index contributed by atoms with van der Waals surface area (Å²) in [6.45, 7) is 3.83. The molecule has 1 N–H and O–H groups in total. The maximum atomic E-state index is 12.9. The number of methoxy groups -OCH3 is 1. The van der Waals surface area contributed by atoms with Crippen LogP contribution in [-0.2, 0) is 11.2 Å². The van der Waals surface area contributed by atoms with Crippen LogP contribution in [0.3, 0.4) is 0 Å². The molecule has 0 spiro atoms. The highest BCUT2D eigenvalue weighted by atomic mass is 19.1. The third-order valence-electron chi connectivity index (χ3n) is 3.57. The van der Waals surface area contributed by atoms with Gasteiger partial charge in [-0.2, -0.15) is 0 Å². The molecule has 0 aliphatic heterocycles. The first-order valence-electron chi connectivity index (χ1n) is 7.18. The van der Waals surface area contributed by atoms with Crippen molar-refractivity contribution in [2.45, 2.75) is 26.3 Å². The molecule has 0 aromatic heterocycles. The van der Waals surface area contributed by atoms with E-state index < -0.39 is 0 Å². The van der Waals surface area contributed by atoms with Crippen molar-refractivity contribution >= 4 is 5.91 Å². The van der Waals surface area contributed by atoms with E-state index in [1.165, 1.54) is 12.1 Å². The molecule has 0 bridgehead atoms. The first kappa shape index (κ1) is 16.0. The summed E-state index contributed by atoms with van der Waals surface area (Å²) in [5, 5.41) is 2.92. The van der Waals surface area contributed by atoms with Gasteiger partial charge >= 0.3 is 0 Å². The number of carbonyl (C=O) groups is 1. The summed E-state index contributed by atoms with van der Waals surface area (Å²) >= 11 is 0. The van der Waals surface area contributed by atoms with Crippen LogP contribution in [0, 0.1) is 12.7 Å². The summed E-state index contributed by atoms with van der Waals surface area (Å²) in [5.74, 6) is 0.459. The molecule has 0 saturated heterocycles. The highest BCUT2D eigenvalue weighted by Gasteiger charge is 2.11. The van der Waals surface area contributed by atoms with Crippen molar-refractivity contribution in [1.29, 1.82) is 0 Å². The van der Waals surface area contributed by atoms with Gasteiger partial charge in [-0.3, -0.25) is 4.79 Å². The van der Waals surface area contributed by atoms with Gasteiger partial charge < -0.3 is 10.1 Å². The second-order valence-electron chi connectivity index (χ2n) is 5.32. The van der Waals surface area contributed by atoms with Gasteiger partial charge in [-0.25, -0.2) is 4.39 Å². The third-order valence-corrected chi connectivity index (χ3v) is 3.57. The van der Waals surface area contributed by atoms with E-state index in [4.69, 9.17) is 4.74 Å². The molecular formula is C18H20FNO2. The Bertz CT molecular complexity index is 653. The van der Waals surface area contributed by atoms with Gasteiger partial charge in [0.2, 0.25) is 5.91 Å². The van der Waals surface area contributed by atoms with Gasteiger partial charge in [-0.15, -0.1) is 0 Å². The minimum atomic E-state index is -0.281. The zero-order valence-electron chi connectivity index (χ0n) is 13.0. The lowest BCUT2D eigenvalue weighted by Crippen LogP contribution is -2.28. The van der Waals surface area contributed by atoms with Crippen molar-refractivity contribution in [2.24, 2.45) is 0 Å². The van der Waals surface area contributed by atoms with Gasteiger partial charge in [0.15, 0.2) is 0 Å². The van der Waals surface area contributed by atoms with E-state index in [1.807, 2.05) is 32.0 Å². The number of nitrogens with one attached hydrogen (secondary N) is 1. The van der Waals surface area contributed by atoms with Gasteiger partial charge in [0.05, 0.1) is 19.6 Å². The fraction of sp³-hybridized carbons (Fsp3) is 0.278. The van der Waals surface area contributed by atoms with Crippen LogP contribution in [0.25, 0.3) is 0 Å². The number of ether oxygens (including phenoxy) is 1. The minimum Gasteiger partial charge on any atom is -0.496 e. The van der Waals surface area contributed by atoms with Crippen molar-refractivity contribution in [3.63, 3.8) is 0 Å². The molecule has 1 amide bonds. The first-order valence-corrected chi connectivity index (χ1v) is 7.18. The lowest BCUT2D eigenvalue weighted by Gasteiger charge is -2.15. The summed E-state index contributed by atoms with van der Waals surface area (Å²) in [7, 11) is 1.62. The van der Waals surface area contributed by atoms with Crippen LogP contribution in [0.5, 0.6) is 5.75 Å². The average molecular weight is 301 g/mol. The van der Waals surface area contributed by atoms with Crippen LogP contribution < -0.4 is 10.1 Å². The van der Waals surface area contributed by atoms with Gasteiger partial charge in [-0.05, 0) is 48.7 Å². The topological polar surface area (TPSA) is 38.3 Å². The van der Waals surface area contributed by atoms with Gasteiger partial charge in [0, 0.05) is 0 Å². The Morgan fingerprint density at radius 3 is 2.50 bits per heavy atom. The third kappa shape index (κ3) is 4.07. The monoisotopic (exact) mass is 301 g/mol. The van der Waals surface area contributed by atoms with E-state index in [-0.39, 0.29) is 17.8 Å². The van der Waals surface area contributed by atoms with Crippen LogP contribution in [0.1, 0.15) is 29.7 Å². The number of amides is 1. The fourth-order valence-corrected chi connectivity index (χ4v) is 2.36. The van der Waals surface area contributed by atoms with Gasteiger partial charge in [0.25, 0.3) is 0 Å². The number of rotatable bonds is 5. The van der Waals surface area contributed by atoms with Crippen molar-refractivity contribution in [3.8, 4) is 5.75 Å². The summed E-state index contributed by atoms with van der Waals surface area (Å²) < 4.78 is 18.1. The molecule has 4 heteroatoms. The number of carbonyl (C=O) groups excluding carboxylic acids is 1. The Morgan fingerprint density at radius 2 is 1.91 bits per heavy atom. The van der Waals surface area contributed by atoms with Crippen LogP contribution in [0.2, 0.25) is 0 Å². The molecule has 3 nitrogen and oxygen atoms in total. The van der Waals surface area contributed by atoms with E-state index in [0.717, 1.165) is 22.4 Å². The van der Waals surface area contributed by atoms with E-state index in [9.17, 15) is 9.18 Å². The Balaban J connectivity index is 1.97. The van der Waals surface area contributed by atoms with Crippen LogP contribution in [0.4, 0.5) is 4.39 Å². The Hall–Kier alpha value is -2.36. The molecular weight excluding hydrogens is 281 g/mol. The molecule has 0 radical (unpaired) electrons. The quantitative estimate of drug-likeness (QED) is 0.917. The lowest BCUT2D eigenvalue weighted by molar-refractivity contribution is -0.121. The Kier molecular flexibility index (Phi) is 5.15. The van der Waals surface area contributed by atoms with Gasteiger partial charge in [-0.1, -0.05) is 24.3 Å². The number of halogens is 1. The van der Waals surface area contributed by atoms with Crippen LogP contribution in [-0.4, -0.2) is 13.0 Å². The molecule has 2 aromatic rings. The lowest BCUT2D eigenvalue weighted by atomic mass is 10.1. The molecule has 0 unspecified atom stereocenters. The van der Waals surface area contributed by atoms with Crippen molar-refractivity contribution in [2.75, 3.05) is 7.11 Å². The maximum Gasteiger partial charge on any atom is 0.224 e. The summed E-state index contributed by atoms with van der Waals surface area (Å²) in [6.07, 6.45) is 0.302. The first-order chi connectivity index (χ1) is 10.5. The molecule has 0 fully saturated rings. The summed E-state index contributed by atoms with van der Waals surface area (Å²) in [4.78, 5) is 12.1. The van der Waals surface area contributed by atoms with E-state index in [0.29, 0.717) is 6.42 Å². The molecule has 2 rings (SSSR count). The SMILES string of the molecule is COc1ccc(CC(=O)N[C@@H](C)c2ccc(F)cc2)cc1C. The smallest absolute Gasteiger partial charge is 0.224 e. The predicted octanol–water partition coefficient (Wildman–Crippen LogP) is 3.56. The number of hydrogen-bond acceptors (Lipinski definition) is 2. The maximum absolute atomic E-state index is 12.9. The highest BCUT2D eigenvalue weighted by molar-refractivity contribution is 5.79. The normalized spacial score (nSPS) is 11.8. The zero-order valence-corrected chi connectivity index (χ0v) is 13.0. The van der Waals surface area contributed by atoms with Crippen molar-refractivity contribution in [1.82, 2.24) is 5.32 Å². The molecule has 0 aliphatic rings. The molecule has 0 aliphatic carbocycles. The van der Waals surface area contributed by atoms with Crippen molar-refractivity contribution < 1.29 is 13.9 Å².